The highest BCUT2D eigenvalue weighted by molar-refractivity contribution is 5.64. The standard InChI is InChI=1S/C10H9NO/c1-2-10(1)4-6-3-8(10)9-7(6)5-11-12-9/h4-5,11H,1-3H2. The van der Waals surface area contributed by atoms with Gasteiger partial charge in [-0.2, -0.15) is 0 Å². The normalized spacial score (nSPS) is 31.3. The van der Waals surface area contributed by atoms with E-state index in [0.29, 0.717) is 5.41 Å². The van der Waals surface area contributed by atoms with Crippen molar-refractivity contribution in [2.24, 2.45) is 5.41 Å². The Labute approximate surface area is 70.5 Å². The third kappa shape index (κ3) is 0.398. The zero-order valence-corrected chi connectivity index (χ0v) is 6.68. The summed E-state index contributed by atoms with van der Waals surface area (Å²) in [5, 5.41) is 0. The predicted molar refractivity (Wildman–Crippen MR) is 43.7 cm³/mol. The van der Waals surface area contributed by atoms with Crippen molar-refractivity contribution >= 4 is 0 Å². The van der Waals surface area contributed by atoms with E-state index in [1.165, 1.54) is 29.6 Å². The van der Waals surface area contributed by atoms with E-state index in [-0.39, 0.29) is 0 Å². The van der Waals surface area contributed by atoms with Gasteiger partial charge in [-0.25, -0.2) is 5.48 Å². The van der Waals surface area contributed by atoms with Crippen LogP contribution in [0.5, 0.6) is 0 Å². The van der Waals surface area contributed by atoms with Crippen molar-refractivity contribution in [3.05, 3.63) is 34.8 Å². The van der Waals surface area contributed by atoms with Gasteiger partial charge in [0.1, 0.15) is 0 Å². The van der Waals surface area contributed by atoms with E-state index in [9.17, 15) is 0 Å². The molecule has 1 spiro atoms. The second-order valence-electron chi connectivity index (χ2n) is 4.09. The molecule has 0 saturated heterocycles. The average Bonchev–Trinajstić information content (AvgIpc) is 2.48. The number of fused-ring (bicyclic) bond motifs is 5. The number of hydroxylamine groups is 1. The fraction of sp³-hybridized carbons (Fsp3) is 0.400. The van der Waals surface area contributed by atoms with Crippen LogP contribution in [0.2, 0.25) is 0 Å². The van der Waals surface area contributed by atoms with Crippen LogP contribution in [-0.2, 0) is 4.84 Å². The molecule has 0 amide bonds. The molecule has 12 heavy (non-hydrogen) atoms. The van der Waals surface area contributed by atoms with Gasteiger partial charge in [-0.1, -0.05) is 6.08 Å². The summed E-state index contributed by atoms with van der Waals surface area (Å²) in [7, 11) is 0. The van der Waals surface area contributed by atoms with Crippen LogP contribution in [0.1, 0.15) is 19.3 Å². The third-order valence-electron chi connectivity index (χ3n) is 3.44. The van der Waals surface area contributed by atoms with Crippen LogP contribution >= 0.6 is 0 Å². The highest BCUT2D eigenvalue weighted by atomic mass is 16.7. The number of nitrogens with one attached hydrogen (secondary N) is 1. The molecule has 4 rings (SSSR count). The number of rotatable bonds is 0. The molecule has 0 aromatic rings. The Morgan fingerprint density at radius 2 is 2.33 bits per heavy atom. The van der Waals surface area contributed by atoms with Crippen LogP contribution in [0.15, 0.2) is 34.8 Å². The molecule has 0 unspecified atom stereocenters. The van der Waals surface area contributed by atoms with Gasteiger partial charge in [0.15, 0.2) is 5.76 Å². The number of allylic oxidation sites excluding steroid dienone is 3. The topological polar surface area (TPSA) is 21.3 Å². The van der Waals surface area contributed by atoms with E-state index in [4.69, 9.17) is 4.84 Å². The molecule has 0 radical (unpaired) electrons. The number of hydrogen-bond acceptors (Lipinski definition) is 2. The Hall–Kier alpha value is -1.18. The largest absolute Gasteiger partial charge is 0.382 e. The van der Waals surface area contributed by atoms with Crippen molar-refractivity contribution in [3.63, 3.8) is 0 Å². The highest BCUT2D eigenvalue weighted by Gasteiger charge is 2.54. The van der Waals surface area contributed by atoms with Gasteiger partial charge >= 0.3 is 0 Å². The van der Waals surface area contributed by atoms with E-state index < -0.39 is 0 Å². The zero-order valence-electron chi connectivity index (χ0n) is 6.68. The molecule has 1 fully saturated rings. The lowest BCUT2D eigenvalue weighted by Gasteiger charge is -2.11. The van der Waals surface area contributed by atoms with Gasteiger partial charge in [-0.15, -0.1) is 0 Å². The summed E-state index contributed by atoms with van der Waals surface area (Å²) in [4.78, 5) is 5.38. The van der Waals surface area contributed by atoms with Crippen LogP contribution in [0.25, 0.3) is 0 Å². The van der Waals surface area contributed by atoms with Gasteiger partial charge in [0.2, 0.25) is 0 Å². The minimum atomic E-state index is 0.466. The molecule has 2 nitrogen and oxygen atoms in total. The van der Waals surface area contributed by atoms with Gasteiger partial charge in [0.25, 0.3) is 0 Å². The summed E-state index contributed by atoms with van der Waals surface area (Å²) in [5.74, 6) is 1.14. The van der Waals surface area contributed by atoms with E-state index in [0.717, 1.165) is 12.2 Å². The molecule has 0 aromatic heterocycles. The molecule has 1 saturated carbocycles. The minimum Gasteiger partial charge on any atom is -0.382 e. The molecule has 0 aromatic carbocycles. The molecule has 3 aliphatic carbocycles. The quantitative estimate of drug-likeness (QED) is 0.581. The summed E-state index contributed by atoms with van der Waals surface area (Å²) in [6.45, 7) is 0. The second kappa shape index (κ2) is 1.35. The van der Waals surface area contributed by atoms with Gasteiger partial charge in [0.05, 0.1) is 0 Å². The third-order valence-corrected chi connectivity index (χ3v) is 3.44. The first kappa shape index (κ1) is 5.46. The Balaban J connectivity index is 2.03. The summed E-state index contributed by atoms with van der Waals surface area (Å²) in [5.41, 5.74) is 7.63. The molecule has 2 bridgehead atoms. The summed E-state index contributed by atoms with van der Waals surface area (Å²) >= 11 is 0. The van der Waals surface area contributed by atoms with Crippen LogP contribution in [-0.4, -0.2) is 0 Å². The molecule has 0 atom stereocenters. The fourth-order valence-corrected chi connectivity index (χ4v) is 2.63. The summed E-state index contributed by atoms with van der Waals surface area (Å²) < 4.78 is 0. The molecular weight excluding hydrogens is 150 g/mol. The predicted octanol–water partition coefficient (Wildman–Crippen LogP) is 1.78. The van der Waals surface area contributed by atoms with E-state index in [1.54, 1.807) is 0 Å². The molecule has 1 aliphatic heterocycles. The zero-order chi connectivity index (χ0) is 7.76. The monoisotopic (exact) mass is 159 g/mol. The second-order valence-corrected chi connectivity index (χ2v) is 4.09. The molecule has 2 heteroatoms. The van der Waals surface area contributed by atoms with E-state index >= 15 is 0 Å². The van der Waals surface area contributed by atoms with Gasteiger partial charge < -0.3 is 4.84 Å². The van der Waals surface area contributed by atoms with Crippen LogP contribution < -0.4 is 5.48 Å². The molecular formula is C10H9NO. The van der Waals surface area contributed by atoms with E-state index in [2.05, 4.69) is 11.6 Å². The Morgan fingerprint density at radius 1 is 1.42 bits per heavy atom. The molecule has 1 heterocycles. The first-order valence-electron chi connectivity index (χ1n) is 4.48. The molecule has 1 N–H and O–H groups in total. The maximum Gasteiger partial charge on any atom is 0.164 e. The first-order valence-corrected chi connectivity index (χ1v) is 4.48. The molecule has 4 aliphatic rings. The number of hydrogen-bond donors (Lipinski definition) is 1. The van der Waals surface area contributed by atoms with Crippen LogP contribution in [0, 0.1) is 5.41 Å². The van der Waals surface area contributed by atoms with Crippen LogP contribution in [0.3, 0.4) is 0 Å². The lowest BCUT2D eigenvalue weighted by molar-refractivity contribution is 0.166. The van der Waals surface area contributed by atoms with Crippen molar-refractivity contribution in [2.45, 2.75) is 19.3 Å². The Morgan fingerprint density at radius 3 is 3.17 bits per heavy atom. The van der Waals surface area contributed by atoms with E-state index in [1.807, 2.05) is 6.20 Å². The van der Waals surface area contributed by atoms with Crippen molar-refractivity contribution in [1.29, 1.82) is 0 Å². The Kier molecular flexibility index (Phi) is 0.613. The highest BCUT2D eigenvalue weighted by Crippen LogP contribution is 2.65. The van der Waals surface area contributed by atoms with Gasteiger partial charge in [-0.05, 0) is 30.4 Å². The van der Waals surface area contributed by atoms with Crippen molar-refractivity contribution < 1.29 is 4.84 Å². The average molecular weight is 159 g/mol. The van der Waals surface area contributed by atoms with Gasteiger partial charge in [-0.3, -0.25) is 0 Å². The summed E-state index contributed by atoms with van der Waals surface area (Å²) in [6, 6.07) is 0. The fourth-order valence-electron chi connectivity index (χ4n) is 2.63. The maximum atomic E-state index is 5.38. The summed E-state index contributed by atoms with van der Waals surface area (Å²) in [6.07, 6.45) is 8.26. The Bertz CT molecular complexity index is 383. The first-order chi connectivity index (χ1) is 5.89. The lowest BCUT2D eigenvalue weighted by atomic mass is 9.96. The smallest absolute Gasteiger partial charge is 0.164 e. The van der Waals surface area contributed by atoms with Gasteiger partial charge in [0, 0.05) is 17.2 Å². The van der Waals surface area contributed by atoms with Crippen LogP contribution in [0.4, 0.5) is 0 Å². The minimum absolute atomic E-state index is 0.466. The maximum absolute atomic E-state index is 5.38. The molecule has 60 valence electrons. The van der Waals surface area contributed by atoms with Crippen molar-refractivity contribution in [3.8, 4) is 0 Å². The lowest BCUT2D eigenvalue weighted by Crippen LogP contribution is -2.03. The SMILES string of the molecule is C1=C2CC(=C3ONC=C23)C12CC2. The van der Waals surface area contributed by atoms with Crippen molar-refractivity contribution in [1.82, 2.24) is 5.48 Å². The van der Waals surface area contributed by atoms with Crippen molar-refractivity contribution in [2.75, 3.05) is 0 Å².